The van der Waals surface area contributed by atoms with Gasteiger partial charge < -0.3 is 20.1 Å². The lowest BCUT2D eigenvalue weighted by molar-refractivity contribution is 0.0191. The number of aromatic nitrogens is 2. The monoisotopic (exact) mass is 423 g/mol. The number of aryl methyl sites for hydroxylation is 1. The highest BCUT2D eigenvalue weighted by atomic mass is 127. The van der Waals surface area contributed by atoms with Crippen molar-refractivity contribution < 1.29 is 9.47 Å². The fourth-order valence-electron chi connectivity index (χ4n) is 2.20. The molecule has 1 unspecified atom stereocenters. The Balaban J connectivity index is 0.00000242. The van der Waals surface area contributed by atoms with E-state index in [0.717, 1.165) is 37.6 Å². The Morgan fingerprint density at radius 1 is 1.55 bits per heavy atom. The van der Waals surface area contributed by atoms with Crippen molar-refractivity contribution in [3.63, 3.8) is 0 Å². The molecule has 0 radical (unpaired) electrons. The second-order valence-corrected chi connectivity index (χ2v) is 5.01. The minimum Gasteiger partial charge on any atom is -0.377 e. The van der Waals surface area contributed by atoms with Crippen LogP contribution in [0.15, 0.2) is 17.3 Å². The summed E-state index contributed by atoms with van der Waals surface area (Å²) in [4.78, 5) is 4.18. The largest absolute Gasteiger partial charge is 0.377 e. The Morgan fingerprint density at radius 3 is 3.05 bits per heavy atom. The number of hydrogen-bond donors (Lipinski definition) is 2. The van der Waals surface area contributed by atoms with E-state index in [2.05, 4.69) is 20.7 Å². The standard InChI is InChI=1S/C14H25N5O2.HI/c1-15-14(17-10-12-5-6-18-19(12)2)16-7-9-20-11-13-4-3-8-21-13;/h5-6,13H,3-4,7-11H2,1-2H3,(H2,15,16,17);1H. The van der Waals surface area contributed by atoms with Crippen LogP contribution in [0, 0.1) is 0 Å². The predicted molar refractivity (Wildman–Crippen MR) is 96.6 cm³/mol. The van der Waals surface area contributed by atoms with Crippen LogP contribution in [-0.2, 0) is 23.1 Å². The molecule has 126 valence electrons. The van der Waals surface area contributed by atoms with Gasteiger partial charge in [-0.3, -0.25) is 9.67 Å². The molecule has 1 saturated heterocycles. The summed E-state index contributed by atoms with van der Waals surface area (Å²) in [7, 11) is 3.68. The summed E-state index contributed by atoms with van der Waals surface area (Å²) in [6.07, 6.45) is 4.33. The average molecular weight is 423 g/mol. The molecule has 0 aromatic carbocycles. The Hall–Kier alpha value is -0.870. The zero-order chi connectivity index (χ0) is 14.9. The van der Waals surface area contributed by atoms with E-state index in [1.54, 1.807) is 13.2 Å². The van der Waals surface area contributed by atoms with Crippen LogP contribution in [0.2, 0.25) is 0 Å². The summed E-state index contributed by atoms with van der Waals surface area (Å²) < 4.78 is 12.9. The zero-order valence-corrected chi connectivity index (χ0v) is 15.6. The maximum atomic E-state index is 5.60. The van der Waals surface area contributed by atoms with E-state index in [-0.39, 0.29) is 30.1 Å². The van der Waals surface area contributed by atoms with Crippen molar-refractivity contribution in [2.24, 2.45) is 12.0 Å². The third-order valence-corrected chi connectivity index (χ3v) is 3.45. The van der Waals surface area contributed by atoms with Gasteiger partial charge in [0.05, 0.1) is 31.6 Å². The second kappa shape index (κ2) is 10.8. The SMILES string of the molecule is CN=C(NCCOCC1CCCO1)NCc1ccnn1C.I. The zero-order valence-electron chi connectivity index (χ0n) is 13.2. The number of nitrogens with one attached hydrogen (secondary N) is 2. The van der Waals surface area contributed by atoms with E-state index >= 15 is 0 Å². The van der Waals surface area contributed by atoms with Crippen LogP contribution >= 0.6 is 24.0 Å². The van der Waals surface area contributed by atoms with Crippen molar-refractivity contribution in [1.82, 2.24) is 20.4 Å². The quantitative estimate of drug-likeness (QED) is 0.295. The highest BCUT2D eigenvalue weighted by molar-refractivity contribution is 14.0. The first-order valence-electron chi connectivity index (χ1n) is 7.40. The number of guanidine groups is 1. The fourth-order valence-corrected chi connectivity index (χ4v) is 2.20. The summed E-state index contributed by atoms with van der Waals surface area (Å²) in [6, 6.07) is 1.98. The summed E-state index contributed by atoms with van der Waals surface area (Å²) in [5.74, 6) is 0.761. The van der Waals surface area contributed by atoms with Crippen molar-refractivity contribution in [1.29, 1.82) is 0 Å². The first-order chi connectivity index (χ1) is 10.3. The summed E-state index contributed by atoms with van der Waals surface area (Å²) in [5.41, 5.74) is 1.10. The molecule has 8 heteroatoms. The molecule has 1 aromatic heterocycles. The van der Waals surface area contributed by atoms with Crippen molar-refractivity contribution >= 4 is 29.9 Å². The van der Waals surface area contributed by atoms with Crippen LogP contribution in [0.1, 0.15) is 18.5 Å². The molecule has 1 aliphatic rings. The number of nitrogens with zero attached hydrogens (tertiary/aromatic N) is 3. The van der Waals surface area contributed by atoms with Crippen molar-refractivity contribution in [2.75, 3.05) is 33.4 Å². The Morgan fingerprint density at radius 2 is 2.41 bits per heavy atom. The molecule has 1 atom stereocenters. The van der Waals surface area contributed by atoms with E-state index in [4.69, 9.17) is 9.47 Å². The normalized spacial score (nSPS) is 18.1. The van der Waals surface area contributed by atoms with E-state index in [1.807, 2.05) is 17.8 Å². The van der Waals surface area contributed by atoms with E-state index in [1.165, 1.54) is 0 Å². The number of hydrogen-bond acceptors (Lipinski definition) is 4. The molecule has 0 saturated carbocycles. The minimum absolute atomic E-state index is 0. The molecule has 1 fully saturated rings. The van der Waals surface area contributed by atoms with Gasteiger partial charge in [0.2, 0.25) is 0 Å². The third-order valence-electron chi connectivity index (χ3n) is 3.45. The van der Waals surface area contributed by atoms with Gasteiger partial charge in [-0.25, -0.2) is 0 Å². The molecule has 0 amide bonds. The summed E-state index contributed by atoms with van der Waals surface area (Å²) in [5, 5.41) is 10.6. The van der Waals surface area contributed by atoms with Gasteiger partial charge in [0.25, 0.3) is 0 Å². The van der Waals surface area contributed by atoms with Gasteiger partial charge in [-0.1, -0.05) is 0 Å². The Bertz CT molecular complexity index is 446. The maximum Gasteiger partial charge on any atom is 0.191 e. The number of aliphatic imine (C=N–C) groups is 1. The van der Waals surface area contributed by atoms with E-state index in [9.17, 15) is 0 Å². The Labute approximate surface area is 148 Å². The van der Waals surface area contributed by atoms with Gasteiger partial charge in [-0.15, -0.1) is 24.0 Å². The van der Waals surface area contributed by atoms with Crippen LogP contribution in [0.4, 0.5) is 0 Å². The molecule has 2 rings (SSSR count). The van der Waals surface area contributed by atoms with Gasteiger partial charge in [0.1, 0.15) is 0 Å². The predicted octanol–water partition coefficient (Wildman–Crippen LogP) is 0.899. The second-order valence-electron chi connectivity index (χ2n) is 5.01. The van der Waals surface area contributed by atoms with Gasteiger partial charge >= 0.3 is 0 Å². The highest BCUT2D eigenvalue weighted by Crippen LogP contribution is 2.11. The number of halogens is 1. The lowest BCUT2D eigenvalue weighted by Gasteiger charge is -2.13. The molecule has 1 aromatic rings. The molecule has 0 spiro atoms. The lowest BCUT2D eigenvalue weighted by atomic mass is 10.2. The van der Waals surface area contributed by atoms with Crippen LogP contribution in [0.3, 0.4) is 0 Å². The fraction of sp³-hybridized carbons (Fsp3) is 0.714. The van der Waals surface area contributed by atoms with Crippen LogP contribution in [0.5, 0.6) is 0 Å². The minimum atomic E-state index is 0. The summed E-state index contributed by atoms with van der Waals surface area (Å²) in [6.45, 7) is 3.61. The molecule has 0 bridgehead atoms. The smallest absolute Gasteiger partial charge is 0.191 e. The number of ether oxygens (including phenoxy) is 2. The molecule has 2 N–H and O–H groups in total. The van der Waals surface area contributed by atoms with Gasteiger partial charge in [-0.2, -0.15) is 5.10 Å². The van der Waals surface area contributed by atoms with E-state index in [0.29, 0.717) is 19.8 Å². The van der Waals surface area contributed by atoms with Crippen molar-refractivity contribution in [2.45, 2.75) is 25.5 Å². The van der Waals surface area contributed by atoms with Crippen LogP contribution in [0.25, 0.3) is 0 Å². The highest BCUT2D eigenvalue weighted by Gasteiger charge is 2.14. The Kier molecular flexibility index (Phi) is 9.41. The van der Waals surface area contributed by atoms with Crippen molar-refractivity contribution in [3.05, 3.63) is 18.0 Å². The maximum absolute atomic E-state index is 5.60. The molecule has 1 aliphatic heterocycles. The topological polar surface area (TPSA) is 72.7 Å². The average Bonchev–Trinajstić information content (AvgIpc) is 3.14. The molecular formula is C14H26IN5O2. The van der Waals surface area contributed by atoms with Gasteiger partial charge in [0.15, 0.2) is 5.96 Å². The number of rotatable bonds is 7. The molecular weight excluding hydrogens is 397 g/mol. The van der Waals surface area contributed by atoms with Crippen molar-refractivity contribution in [3.8, 4) is 0 Å². The lowest BCUT2D eigenvalue weighted by Crippen LogP contribution is -2.39. The first kappa shape index (κ1) is 19.2. The molecule has 7 nitrogen and oxygen atoms in total. The first-order valence-corrected chi connectivity index (χ1v) is 7.40. The third kappa shape index (κ3) is 6.49. The molecule has 22 heavy (non-hydrogen) atoms. The van der Waals surface area contributed by atoms with Crippen LogP contribution < -0.4 is 10.6 Å². The van der Waals surface area contributed by atoms with E-state index < -0.39 is 0 Å². The summed E-state index contributed by atoms with van der Waals surface area (Å²) >= 11 is 0. The van der Waals surface area contributed by atoms with Crippen LogP contribution in [-0.4, -0.2) is 55.3 Å². The molecule has 2 heterocycles. The van der Waals surface area contributed by atoms with Gasteiger partial charge in [0, 0.05) is 33.4 Å². The van der Waals surface area contributed by atoms with Gasteiger partial charge in [-0.05, 0) is 18.9 Å². The molecule has 0 aliphatic carbocycles.